The summed E-state index contributed by atoms with van der Waals surface area (Å²) < 4.78 is 10.9. The molecule has 5 nitrogen and oxygen atoms in total. The van der Waals surface area contributed by atoms with Gasteiger partial charge in [-0.15, -0.1) is 11.3 Å². The molecule has 0 spiro atoms. The van der Waals surface area contributed by atoms with E-state index in [2.05, 4.69) is 17.5 Å². The summed E-state index contributed by atoms with van der Waals surface area (Å²) in [5, 5.41) is 3.09. The molecule has 1 aliphatic heterocycles. The van der Waals surface area contributed by atoms with Crippen molar-refractivity contribution in [3.05, 3.63) is 58.4 Å². The molecule has 3 aromatic rings. The van der Waals surface area contributed by atoms with Gasteiger partial charge < -0.3 is 14.4 Å². The Balaban J connectivity index is 1.57. The second-order valence-corrected chi connectivity index (χ2v) is 7.43. The lowest BCUT2D eigenvalue weighted by Gasteiger charge is -2.30. The first kappa shape index (κ1) is 17.5. The van der Waals surface area contributed by atoms with Gasteiger partial charge in [0.05, 0.1) is 23.5 Å². The number of fused-ring (bicyclic) bond motifs is 1. The number of thiazole rings is 1. The van der Waals surface area contributed by atoms with Crippen molar-refractivity contribution < 1.29 is 14.3 Å². The van der Waals surface area contributed by atoms with E-state index in [9.17, 15) is 4.79 Å². The molecule has 0 N–H and O–H groups in total. The number of nitrogens with zero attached hydrogens (tertiary/aromatic N) is 2. The van der Waals surface area contributed by atoms with Crippen molar-refractivity contribution in [2.75, 3.05) is 19.1 Å². The molecule has 0 fully saturated rings. The molecule has 6 heteroatoms. The second-order valence-electron chi connectivity index (χ2n) is 6.49. The lowest BCUT2D eigenvalue weighted by molar-refractivity contribution is -0.125. The van der Waals surface area contributed by atoms with Crippen LogP contribution < -0.4 is 14.4 Å². The summed E-state index contributed by atoms with van der Waals surface area (Å²) in [7, 11) is 3.44. The number of aromatic nitrogens is 1. The first-order chi connectivity index (χ1) is 13.0. The van der Waals surface area contributed by atoms with Crippen molar-refractivity contribution >= 4 is 22.9 Å². The fourth-order valence-corrected chi connectivity index (χ4v) is 3.95. The molecule has 1 aliphatic rings. The topological polar surface area (TPSA) is 51.7 Å². The predicted molar refractivity (Wildman–Crippen MR) is 107 cm³/mol. The van der Waals surface area contributed by atoms with E-state index in [0.717, 1.165) is 39.9 Å². The molecule has 0 aliphatic carbocycles. The number of rotatable bonds is 4. The largest absolute Gasteiger partial charge is 0.497 e. The van der Waals surface area contributed by atoms with Crippen LogP contribution in [0.15, 0.2) is 47.8 Å². The van der Waals surface area contributed by atoms with Crippen LogP contribution in [0.3, 0.4) is 0 Å². The first-order valence-electron chi connectivity index (χ1n) is 8.71. The maximum atomic E-state index is 12.2. The standard InChI is InChI=1S/C21H20N2O3S/c1-13-21(24)23(2)18-11-15(6-9-19(18)26-13)17-12-27-20(22-17)10-14-4-7-16(25-3)8-5-14/h4-9,11-13H,10H2,1-3H3. The lowest BCUT2D eigenvalue weighted by atomic mass is 10.1. The van der Waals surface area contributed by atoms with Gasteiger partial charge in [0.25, 0.3) is 5.91 Å². The summed E-state index contributed by atoms with van der Waals surface area (Å²) in [6.45, 7) is 1.77. The summed E-state index contributed by atoms with van der Waals surface area (Å²) in [5.74, 6) is 1.53. The third-order valence-electron chi connectivity index (χ3n) is 4.66. The molecule has 2 heterocycles. The number of hydrogen-bond acceptors (Lipinski definition) is 5. The van der Waals surface area contributed by atoms with E-state index in [1.165, 1.54) is 5.56 Å². The summed E-state index contributed by atoms with van der Waals surface area (Å²) in [5.41, 5.74) is 3.85. The number of ether oxygens (including phenoxy) is 2. The van der Waals surface area contributed by atoms with E-state index in [1.54, 1.807) is 37.3 Å². The van der Waals surface area contributed by atoms with Crippen LogP contribution in [0.4, 0.5) is 5.69 Å². The Hall–Kier alpha value is -2.86. The van der Waals surface area contributed by atoms with Crippen LogP contribution in [0.1, 0.15) is 17.5 Å². The zero-order valence-corrected chi connectivity index (χ0v) is 16.2. The molecule has 0 bridgehead atoms. The second kappa shape index (κ2) is 7.04. The fraction of sp³-hybridized carbons (Fsp3) is 0.238. The Morgan fingerprint density at radius 2 is 2.00 bits per heavy atom. The molecule has 0 saturated carbocycles. The van der Waals surface area contributed by atoms with Crippen LogP contribution in [-0.2, 0) is 11.2 Å². The third-order valence-corrected chi connectivity index (χ3v) is 5.51. The molecule has 138 valence electrons. The molecule has 1 unspecified atom stereocenters. The first-order valence-corrected chi connectivity index (χ1v) is 9.59. The highest BCUT2D eigenvalue weighted by Crippen LogP contribution is 2.37. The summed E-state index contributed by atoms with van der Waals surface area (Å²) in [4.78, 5) is 18.6. The average Bonchev–Trinajstić information content (AvgIpc) is 3.15. The smallest absolute Gasteiger partial charge is 0.267 e. The monoisotopic (exact) mass is 380 g/mol. The molecule has 0 saturated heterocycles. The number of carbonyl (C=O) groups is 1. The van der Waals surface area contributed by atoms with Gasteiger partial charge in [-0.3, -0.25) is 4.79 Å². The maximum Gasteiger partial charge on any atom is 0.267 e. The quantitative estimate of drug-likeness (QED) is 0.682. The van der Waals surface area contributed by atoms with E-state index in [4.69, 9.17) is 14.5 Å². The van der Waals surface area contributed by atoms with Gasteiger partial charge in [-0.05, 0) is 42.8 Å². The van der Waals surface area contributed by atoms with Crippen LogP contribution in [0.5, 0.6) is 11.5 Å². The van der Waals surface area contributed by atoms with E-state index in [1.807, 2.05) is 30.3 Å². The van der Waals surface area contributed by atoms with E-state index < -0.39 is 6.10 Å². The van der Waals surface area contributed by atoms with E-state index in [0.29, 0.717) is 0 Å². The van der Waals surface area contributed by atoms with Crippen molar-refractivity contribution in [1.29, 1.82) is 0 Å². The van der Waals surface area contributed by atoms with Crippen molar-refractivity contribution in [3.63, 3.8) is 0 Å². The number of anilines is 1. The number of amides is 1. The minimum Gasteiger partial charge on any atom is -0.497 e. The van der Waals surface area contributed by atoms with Crippen LogP contribution in [0, 0.1) is 0 Å². The normalized spacial score (nSPS) is 16.0. The predicted octanol–water partition coefficient (Wildman–Crippen LogP) is 4.15. The van der Waals surface area contributed by atoms with Gasteiger partial charge in [-0.1, -0.05) is 12.1 Å². The maximum absolute atomic E-state index is 12.2. The summed E-state index contributed by atoms with van der Waals surface area (Å²) in [6.07, 6.45) is 0.322. The highest BCUT2D eigenvalue weighted by molar-refractivity contribution is 7.10. The van der Waals surface area contributed by atoms with Crippen molar-refractivity contribution in [2.45, 2.75) is 19.4 Å². The Kier molecular flexibility index (Phi) is 4.58. The molecule has 2 aromatic carbocycles. The molecular formula is C21H20N2O3S. The zero-order chi connectivity index (χ0) is 19.0. The molecular weight excluding hydrogens is 360 g/mol. The number of carbonyl (C=O) groups excluding carboxylic acids is 1. The highest BCUT2D eigenvalue weighted by atomic mass is 32.1. The number of likely N-dealkylation sites (N-methyl/N-ethyl adjacent to an activating group) is 1. The molecule has 4 rings (SSSR count). The Bertz CT molecular complexity index is 981. The Morgan fingerprint density at radius 1 is 1.22 bits per heavy atom. The van der Waals surface area contributed by atoms with Gasteiger partial charge in [0, 0.05) is 24.4 Å². The highest BCUT2D eigenvalue weighted by Gasteiger charge is 2.29. The Morgan fingerprint density at radius 3 is 2.74 bits per heavy atom. The van der Waals surface area contributed by atoms with Crippen LogP contribution in [-0.4, -0.2) is 31.2 Å². The molecule has 27 heavy (non-hydrogen) atoms. The minimum atomic E-state index is -0.455. The van der Waals surface area contributed by atoms with Crippen LogP contribution in [0.2, 0.25) is 0 Å². The Labute approximate surface area is 162 Å². The van der Waals surface area contributed by atoms with Gasteiger partial charge >= 0.3 is 0 Å². The van der Waals surface area contributed by atoms with Gasteiger partial charge in [0.15, 0.2) is 6.10 Å². The number of benzene rings is 2. The van der Waals surface area contributed by atoms with Crippen molar-refractivity contribution in [3.8, 4) is 22.8 Å². The van der Waals surface area contributed by atoms with Gasteiger partial charge in [0.2, 0.25) is 0 Å². The van der Waals surface area contributed by atoms with Crippen LogP contribution >= 0.6 is 11.3 Å². The molecule has 1 amide bonds. The van der Waals surface area contributed by atoms with Gasteiger partial charge in [0.1, 0.15) is 11.5 Å². The van der Waals surface area contributed by atoms with E-state index in [-0.39, 0.29) is 5.91 Å². The molecule has 1 aromatic heterocycles. The molecule has 0 radical (unpaired) electrons. The summed E-state index contributed by atoms with van der Waals surface area (Å²) >= 11 is 1.63. The van der Waals surface area contributed by atoms with Gasteiger partial charge in [-0.2, -0.15) is 0 Å². The SMILES string of the molecule is COc1ccc(Cc2nc(-c3ccc4c(c3)N(C)C(=O)C(C)O4)cs2)cc1. The van der Waals surface area contributed by atoms with Gasteiger partial charge in [-0.25, -0.2) is 4.98 Å². The number of hydrogen-bond donors (Lipinski definition) is 0. The van der Waals surface area contributed by atoms with Crippen molar-refractivity contribution in [1.82, 2.24) is 4.98 Å². The number of methoxy groups -OCH3 is 1. The fourth-order valence-electron chi connectivity index (χ4n) is 3.11. The third kappa shape index (κ3) is 3.40. The zero-order valence-electron chi connectivity index (χ0n) is 15.4. The van der Waals surface area contributed by atoms with Crippen LogP contribution in [0.25, 0.3) is 11.3 Å². The lowest BCUT2D eigenvalue weighted by Crippen LogP contribution is -2.41. The minimum absolute atomic E-state index is 0.0434. The van der Waals surface area contributed by atoms with E-state index >= 15 is 0 Å². The average molecular weight is 380 g/mol. The van der Waals surface area contributed by atoms with Crippen molar-refractivity contribution in [2.24, 2.45) is 0 Å². The molecule has 1 atom stereocenters. The summed E-state index contributed by atoms with van der Waals surface area (Å²) in [6, 6.07) is 13.9.